The second-order valence-electron chi connectivity index (χ2n) is 4.89. The van der Waals surface area contributed by atoms with Crippen LogP contribution in [0.25, 0.3) is 0 Å². The molecule has 2 aliphatic rings. The van der Waals surface area contributed by atoms with Crippen molar-refractivity contribution in [2.45, 2.75) is 43.9 Å². The van der Waals surface area contributed by atoms with Crippen molar-refractivity contribution in [2.75, 3.05) is 13.1 Å². The molecule has 3 rings (SSSR count). The van der Waals surface area contributed by atoms with E-state index < -0.39 is 0 Å². The van der Waals surface area contributed by atoms with Gasteiger partial charge >= 0.3 is 0 Å². The average Bonchev–Trinajstić information content (AvgIpc) is 2.65. The number of hydrogen-bond donors (Lipinski definition) is 2. The SMILES string of the molecule is c1n[nH]c(C2CCNCC2)c1C1CCC1. The fourth-order valence-electron chi connectivity index (χ4n) is 2.79. The number of H-pyrrole nitrogens is 1. The lowest BCUT2D eigenvalue weighted by Crippen LogP contribution is -2.27. The lowest BCUT2D eigenvalue weighted by Gasteiger charge is -2.29. The molecule has 3 heteroatoms. The summed E-state index contributed by atoms with van der Waals surface area (Å²) in [5, 5.41) is 10.9. The van der Waals surface area contributed by atoms with Gasteiger partial charge in [0.2, 0.25) is 0 Å². The molecule has 1 aliphatic carbocycles. The summed E-state index contributed by atoms with van der Waals surface area (Å²) >= 11 is 0. The topological polar surface area (TPSA) is 40.7 Å². The van der Waals surface area contributed by atoms with Gasteiger partial charge in [-0.2, -0.15) is 5.10 Å². The Balaban J connectivity index is 1.80. The molecule has 0 bridgehead atoms. The van der Waals surface area contributed by atoms with Gasteiger partial charge in [-0.05, 0) is 50.3 Å². The zero-order chi connectivity index (χ0) is 10.1. The maximum Gasteiger partial charge on any atom is 0.0525 e. The van der Waals surface area contributed by atoms with E-state index in [1.165, 1.54) is 43.4 Å². The van der Waals surface area contributed by atoms with Crippen molar-refractivity contribution in [3.8, 4) is 0 Å². The van der Waals surface area contributed by atoms with Gasteiger partial charge in [-0.3, -0.25) is 5.10 Å². The molecule has 0 spiro atoms. The predicted octanol–water partition coefficient (Wildman–Crippen LogP) is 2.14. The monoisotopic (exact) mass is 205 g/mol. The number of nitrogens with one attached hydrogen (secondary N) is 2. The van der Waals surface area contributed by atoms with Gasteiger partial charge in [0.05, 0.1) is 6.20 Å². The van der Waals surface area contributed by atoms with Crippen molar-refractivity contribution in [3.05, 3.63) is 17.5 Å². The van der Waals surface area contributed by atoms with Crippen LogP contribution in [0, 0.1) is 0 Å². The van der Waals surface area contributed by atoms with Crippen molar-refractivity contribution >= 4 is 0 Å². The molecule has 15 heavy (non-hydrogen) atoms. The first-order chi connectivity index (χ1) is 7.45. The Bertz CT molecular complexity index is 321. The highest BCUT2D eigenvalue weighted by Crippen LogP contribution is 2.40. The molecule has 1 aromatic rings. The fraction of sp³-hybridized carbons (Fsp3) is 0.750. The van der Waals surface area contributed by atoms with Crippen LogP contribution in [0.4, 0.5) is 0 Å². The molecule has 0 atom stereocenters. The summed E-state index contributed by atoms with van der Waals surface area (Å²) in [5.41, 5.74) is 2.97. The van der Waals surface area contributed by atoms with Gasteiger partial charge in [0.1, 0.15) is 0 Å². The summed E-state index contributed by atoms with van der Waals surface area (Å²) in [5.74, 6) is 1.54. The fourth-order valence-corrected chi connectivity index (χ4v) is 2.79. The van der Waals surface area contributed by atoms with Crippen molar-refractivity contribution < 1.29 is 0 Å². The van der Waals surface area contributed by atoms with Crippen LogP contribution in [0.1, 0.15) is 55.2 Å². The van der Waals surface area contributed by atoms with E-state index in [0.29, 0.717) is 0 Å². The number of hydrogen-bond acceptors (Lipinski definition) is 2. The molecule has 0 amide bonds. The predicted molar refractivity (Wildman–Crippen MR) is 60.0 cm³/mol. The highest BCUT2D eigenvalue weighted by atomic mass is 15.1. The molecule has 0 radical (unpaired) electrons. The third-order valence-corrected chi connectivity index (χ3v) is 3.99. The number of piperidine rings is 1. The molecule has 1 aliphatic heterocycles. The molecule has 0 unspecified atom stereocenters. The Morgan fingerprint density at radius 2 is 1.87 bits per heavy atom. The summed E-state index contributed by atoms with van der Waals surface area (Å²) in [4.78, 5) is 0. The van der Waals surface area contributed by atoms with Gasteiger partial charge in [-0.15, -0.1) is 0 Å². The molecule has 2 heterocycles. The van der Waals surface area contributed by atoms with Crippen LogP contribution in [0.3, 0.4) is 0 Å². The van der Waals surface area contributed by atoms with Gasteiger partial charge < -0.3 is 5.32 Å². The van der Waals surface area contributed by atoms with Crippen molar-refractivity contribution in [2.24, 2.45) is 0 Å². The molecule has 1 saturated heterocycles. The summed E-state index contributed by atoms with van der Waals surface area (Å²) < 4.78 is 0. The van der Waals surface area contributed by atoms with Crippen LogP contribution >= 0.6 is 0 Å². The first kappa shape index (κ1) is 9.40. The standard InChI is InChI=1S/C12H19N3/c1-2-9(3-1)11-8-14-15-12(11)10-4-6-13-7-5-10/h8-10,13H,1-7H2,(H,14,15). The molecule has 3 nitrogen and oxygen atoms in total. The molecule has 1 aromatic heterocycles. The second-order valence-corrected chi connectivity index (χ2v) is 4.89. The van der Waals surface area contributed by atoms with E-state index in [0.717, 1.165) is 24.9 Å². The number of aromatic nitrogens is 2. The number of rotatable bonds is 2. The van der Waals surface area contributed by atoms with Gasteiger partial charge in [0, 0.05) is 11.6 Å². The van der Waals surface area contributed by atoms with Crippen LogP contribution in [0.5, 0.6) is 0 Å². The third kappa shape index (κ3) is 1.69. The van der Waals surface area contributed by atoms with Gasteiger partial charge in [-0.25, -0.2) is 0 Å². The van der Waals surface area contributed by atoms with E-state index in [4.69, 9.17) is 0 Å². The molecule has 0 aromatic carbocycles. The van der Waals surface area contributed by atoms with Gasteiger partial charge in [0.25, 0.3) is 0 Å². The van der Waals surface area contributed by atoms with Gasteiger partial charge in [0.15, 0.2) is 0 Å². The zero-order valence-corrected chi connectivity index (χ0v) is 9.13. The van der Waals surface area contributed by atoms with E-state index in [1.54, 1.807) is 0 Å². The molecular formula is C12H19N3. The molecule has 1 saturated carbocycles. The normalized spacial score (nSPS) is 24.0. The van der Waals surface area contributed by atoms with Crippen molar-refractivity contribution in [1.29, 1.82) is 0 Å². The summed E-state index contributed by atoms with van der Waals surface area (Å²) in [6.45, 7) is 2.32. The van der Waals surface area contributed by atoms with E-state index in [1.807, 2.05) is 0 Å². The van der Waals surface area contributed by atoms with Crippen LogP contribution < -0.4 is 5.32 Å². The summed E-state index contributed by atoms with van der Waals surface area (Å²) in [7, 11) is 0. The largest absolute Gasteiger partial charge is 0.317 e. The van der Waals surface area contributed by atoms with Crippen molar-refractivity contribution in [1.82, 2.24) is 15.5 Å². The smallest absolute Gasteiger partial charge is 0.0525 e. The summed E-state index contributed by atoms with van der Waals surface area (Å²) in [6, 6.07) is 0. The molecular weight excluding hydrogens is 186 g/mol. The summed E-state index contributed by atoms with van der Waals surface area (Å²) in [6.07, 6.45) is 8.75. The lowest BCUT2D eigenvalue weighted by atomic mass is 9.77. The van der Waals surface area contributed by atoms with Crippen LogP contribution in [-0.2, 0) is 0 Å². The zero-order valence-electron chi connectivity index (χ0n) is 9.13. The maximum absolute atomic E-state index is 4.25. The molecule has 2 N–H and O–H groups in total. The Morgan fingerprint density at radius 3 is 2.53 bits per heavy atom. The van der Waals surface area contributed by atoms with E-state index in [-0.39, 0.29) is 0 Å². The molecule has 2 fully saturated rings. The van der Waals surface area contributed by atoms with Crippen LogP contribution in [0.2, 0.25) is 0 Å². The van der Waals surface area contributed by atoms with Crippen LogP contribution in [0.15, 0.2) is 6.20 Å². The van der Waals surface area contributed by atoms with Crippen LogP contribution in [-0.4, -0.2) is 23.3 Å². The third-order valence-electron chi connectivity index (χ3n) is 3.99. The Hall–Kier alpha value is -0.830. The highest BCUT2D eigenvalue weighted by molar-refractivity contribution is 5.26. The molecule has 82 valence electrons. The van der Waals surface area contributed by atoms with Crippen molar-refractivity contribution in [3.63, 3.8) is 0 Å². The van der Waals surface area contributed by atoms with E-state index >= 15 is 0 Å². The minimum atomic E-state index is 0.726. The Morgan fingerprint density at radius 1 is 1.07 bits per heavy atom. The highest BCUT2D eigenvalue weighted by Gasteiger charge is 2.27. The second kappa shape index (κ2) is 3.97. The first-order valence-corrected chi connectivity index (χ1v) is 6.19. The quantitative estimate of drug-likeness (QED) is 0.776. The van der Waals surface area contributed by atoms with E-state index in [2.05, 4.69) is 21.7 Å². The Labute approximate surface area is 90.7 Å². The van der Waals surface area contributed by atoms with Gasteiger partial charge in [-0.1, -0.05) is 6.42 Å². The number of nitrogens with zero attached hydrogens (tertiary/aromatic N) is 1. The minimum absolute atomic E-state index is 0.726. The average molecular weight is 205 g/mol. The lowest BCUT2D eigenvalue weighted by molar-refractivity contribution is 0.404. The minimum Gasteiger partial charge on any atom is -0.317 e. The van der Waals surface area contributed by atoms with E-state index in [9.17, 15) is 0 Å². The number of aromatic amines is 1. The first-order valence-electron chi connectivity index (χ1n) is 6.19. The maximum atomic E-state index is 4.25. The Kier molecular flexibility index (Phi) is 2.49.